The minimum Gasteiger partial charge on any atom is -0.300 e. The number of aryl methyl sites for hydroxylation is 1. The standard InChI is InChI=1S/C12H16N4O2/c1-15-5-4-8(14-15)7-13-10-6-11(17)16(12(10)18)9-2-3-9/h4-5,9-10,13H,2-3,6-7H2,1H3. The van der Waals surface area contributed by atoms with Crippen LogP contribution in [0, 0.1) is 0 Å². The predicted octanol–water partition coefficient (Wildman–Crippen LogP) is -0.200. The van der Waals surface area contributed by atoms with Gasteiger partial charge in [-0.25, -0.2) is 0 Å². The fourth-order valence-corrected chi connectivity index (χ4v) is 2.31. The first-order chi connectivity index (χ1) is 8.65. The third-order valence-electron chi connectivity index (χ3n) is 3.39. The van der Waals surface area contributed by atoms with Crippen molar-refractivity contribution in [2.24, 2.45) is 7.05 Å². The van der Waals surface area contributed by atoms with Crippen LogP contribution < -0.4 is 5.32 Å². The van der Waals surface area contributed by atoms with Crippen molar-refractivity contribution < 1.29 is 9.59 Å². The smallest absolute Gasteiger partial charge is 0.247 e. The van der Waals surface area contributed by atoms with Crippen LogP contribution in [-0.2, 0) is 23.2 Å². The highest BCUT2D eigenvalue weighted by molar-refractivity contribution is 6.06. The minimum atomic E-state index is -0.375. The second kappa shape index (κ2) is 4.20. The van der Waals surface area contributed by atoms with Gasteiger partial charge in [-0.3, -0.25) is 24.5 Å². The highest BCUT2D eigenvalue weighted by atomic mass is 16.2. The van der Waals surface area contributed by atoms with E-state index in [-0.39, 0.29) is 30.3 Å². The first-order valence-electron chi connectivity index (χ1n) is 6.23. The molecule has 6 nitrogen and oxygen atoms in total. The molecule has 96 valence electrons. The number of imide groups is 1. The molecule has 2 aliphatic rings. The molecule has 3 rings (SSSR count). The number of nitrogens with zero attached hydrogens (tertiary/aromatic N) is 3. The lowest BCUT2D eigenvalue weighted by atomic mass is 10.2. The zero-order chi connectivity index (χ0) is 12.7. The molecular formula is C12H16N4O2. The molecule has 2 heterocycles. The van der Waals surface area contributed by atoms with Gasteiger partial charge in [-0.1, -0.05) is 0 Å². The maximum Gasteiger partial charge on any atom is 0.247 e. The lowest BCUT2D eigenvalue weighted by Crippen LogP contribution is -2.39. The maximum absolute atomic E-state index is 12.0. The van der Waals surface area contributed by atoms with Crippen molar-refractivity contribution in [1.82, 2.24) is 20.0 Å². The van der Waals surface area contributed by atoms with Gasteiger partial charge in [0.15, 0.2) is 0 Å². The highest BCUT2D eigenvalue weighted by Crippen LogP contribution is 2.31. The molecule has 1 saturated heterocycles. The number of hydrogen-bond acceptors (Lipinski definition) is 4. The Balaban J connectivity index is 1.60. The molecular weight excluding hydrogens is 232 g/mol. The van der Waals surface area contributed by atoms with Gasteiger partial charge in [0.1, 0.15) is 0 Å². The van der Waals surface area contributed by atoms with Crippen molar-refractivity contribution in [2.75, 3.05) is 0 Å². The van der Waals surface area contributed by atoms with Crippen LogP contribution in [0.4, 0.5) is 0 Å². The number of amides is 2. The molecule has 1 aliphatic heterocycles. The van der Waals surface area contributed by atoms with Crippen LogP contribution in [0.5, 0.6) is 0 Å². The molecule has 1 aromatic heterocycles. The van der Waals surface area contributed by atoms with Gasteiger partial charge in [0, 0.05) is 25.8 Å². The summed E-state index contributed by atoms with van der Waals surface area (Å²) in [6.45, 7) is 0.517. The van der Waals surface area contributed by atoms with E-state index in [1.165, 1.54) is 4.90 Å². The monoisotopic (exact) mass is 248 g/mol. The Labute approximate surface area is 105 Å². The molecule has 1 saturated carbocycles. The van der Waals surface area contributed by atoms with Crippen molar-refractivity contribution >= 4 is 11.8 Å². The second-order valence-corrected chi connectivity index (χ2v) is 4.95. The summed E-state index contributed by atoms with van der Waals surface area (Å²) < 4.78 is 1.72. The van der Waals surface area contributed by atoms with Gasteiger partial charge < -0.3 is 0 Å². The molecule has 0 aromatic carbocycles. The second-order valence-electron chi connectivity index (χ2n) is 4.95. The van der Waals surface area contributed by atoms with Crippen molar-refractivity contribution in [2.45, 2.75) is 37.9 Å². The summed E-state index contributed by atoms with van der Waals surface area (Å²) in [6, 6.07) is 1.69. The summed E-state index contributed by atoms with van der Waals surface area (Å²) in [5, 5.41) is 7.34. The third-order valence-corrected chi connectivity index (χ3v) is 3.39. The molecule has 1 aliphatic carbocycles. The van der Waals surface area contributed by atoms with Crippen LogP contribution >= 0.6 is 0 Å². The Kier molecular flexibility index (Phi) is 2.66. The zero-order valence-corrected chi connectivity index (χ0v) is 10.3. The van der Waals surface area contributed by atoms with Crippen molar-refractivity contribution in [1.29, 1.82) is 0 Å². The van der Waals surface area contributed by atoms with Gasteiger partial charge in [-0.15, -0.1) is 0 Å². The van der Waals surface area contributed by atoms with E-state index in [2.05, 4.69) is 10.4 Å². The summed E-state index contributed by atoms with van der Waals surface area (Å²) in [5.74, 6) is -0.112. The Morgan fingerprint density at radius 3 is 2.83 bits per heavy atom. The van der Waals surface area contributed by atoms with Gasteiger partial charge in [0.2, 0.25) is 11.8 Å². The third kappa shape index (κ3) is 2.03. The Morgan fingerprint density at radius 2 is 2.22 bits per heavy atom. The van der Waals surface area contributed by atoms with Crippen LogP contribution in [0.2, 0.25) is 0 Å². The number of likely N-dealkylation sites (tertiary alicyclic amines) is 1. The lowest BCUT2D eigenvalue weighted by Gasteiger charge is -2.13. The first-order valence-corrected chi connectivity index (χ1v) is 6.23. The van der Waals surface area contributed by atoms with Crippen LogP contribution in [0.1, 0.15) is 25.0 Å². The van der Waals surface area contributed by atoms with Crippen LogP contribution in [-0.4, -0.2) is 38.6 Å². The van der Waals surface area contributed by atoms with Crippen LogP contribution in [0.3, 0.4) is 0 Å². The average molecular weight is 248 g/mol. The van der Waals surface area contributed by atoms with E-state index in [0.717, 1.165) is 18.5 Å². The van der Waals surface area contributed by atoms with Crippen molar-refractivity contribution in [3.8, 4) is 0 Å². The normalized spacial score (nSPS) is 24.1. The van der Waals surface area contributed by atoms with E-state index < -0.39 is 0 Å². The summed E-state index contributed by atoms with van der Waals surface area (Å²) in [7, 11) is 1.85. The van der Waals surface area contributed by atoms with Crippen molar-refractivity contribution in [3.05, 3.63) is 18.0 Å². The number of carbonyl (C=O) groups excluding carboxylic acids is 2. The van der Waals surface area contributed by atoms with E-state index in [1.54, 1.807) is 4.68 Å². The maximum atomic E-state index is 12.0. The number of hydrogen-bond donors (Lipinski definition) is 1. The molecule has 0 spiro atoms. The van der Waals surface area contributed by atoms with E-state index in [0.29, 0.717) is 6.54 Å². The summed E-state index contributed by atoms with van der Waals surface area (Å²) in [6.07, 6.45) is 4.06. The molecule has 18 heavy (non-hydrogen) atoms. The fourth-order valence-electron chi connectivity index (χ4n) is 2.31. The molecule has 2 amide bonds. The Morgan fingerprint density at radius 1 is 1.44 bits per heavy atom. The summed E-state index contributed by atoms with van der Waals surface area (Å²) >= 11 is 0. The van der Waals surface area contributed by atoms with Gasteiger partial charge >= 0.3 is 0 Å². The molecule has 1 unspecified atom stereocenters. The molecule has 0 radical (unpaired) electrons. The van der Waals surface area contributed by atoms with Crippen LogP contribution in [0.25, 0.3) is 0 Å². The largest absolute Gasteiger partial charge is 0.300 e. The van der Waals surface area contributed by atoms with Gasteiger partial charge in [-0.05, 0) is 18.9 Å². The number of rotatable bonds is 4. The minimum absolute atomic E-state index is 0.0407. The van der Waals surface area contributed by atoms with Gasteiger partial charge in [0.25, 0.3) is 0 Å². The Bertz CT molecular complexity index is 492. The van der Waals surface area contributed by atoms with Gasteiger partial charge in [-0.2, -0.15) is 5.10 Å². The Hall–Kier alpha value is -1.69. The molecule has 2 fully saturated rings. The molecule has 6 heteroatoms. The van der Waals surface area contributed by atoms with E-state index in [9.17, 15) is 9.59 Å². The average Bonchev–Trinajstić information content (AvgIpc) is 3.00. The topological polar surface area (TPSA) is 67.2 Å². The summed E-state index contributed by atoms with van der Waals surface area (Å²) in [5.41, 5.74) is 0.877. The number of aromatic nitrogens is 2. The lowest BCUT2D eigenvalue weighted by molar-refractivity contribution is -0.139. The molecule has 1 atom stereocenters. The summed E-state index contributed by atoms with van der Waals surface area (Å²) in [4.78, 5) is 25.2. The van der Waals surface area contributed by atoms with E-state index >= 15 is 0 Å². The van der Waals surface area contributed by atoms with E-state index in [1.807, 2.05) is 19.3 Å². The number of nitrogens with one attached hydrogen (secondary N) is 1. The fraction of sp³-hybridized carbons (Fsp3) is 0.583. The van der Waals surface area contributed by atoms with E-state index in [4.69, 9.17) is 0 Å². The first kappa shape index (κ1) is 11.4. The molecule has 0 bridgehead atoms. The van der Waals surface area contributed by atoms with Crippen LogP contribution in [0.15, 0.2) is 12.3 Å². The zero-order valence-electron chi connectivity index (χ0n) is 10.3. The van der Waals surface area contributed by atoms with Gasteiger partial charge in [0.05, 0.1) is 18.2 Å². The molecule has 1 N–H and O–H groups in total. The highest BCUT2D eigenvalue weighted by Gasteiger charge is 2.45. The SMILES string of the molecule is Cn1ccc(CNC2CC(=O)N(C3CC3)C2=O)n1. The quantitative estimate of drug-likeness (QED) is 0.749. The van der Waals surface area contributed by atoms with Crippen molar-refractivity contribution in [3.63, 3.8) is 0 Å². The number of carbonyl (C=O) groups is 2. The predicted molar refractivity (Wildman–Crippen MR) is 63.3 cm³/mol. The molecule has 1 aromatic rings.